The lowest BCUT2D eigenvalue weighted by atomic mass is 9.93. The number of hydrogen-bond acceptors (Lipinski definition) is 4. The molecule has 2 aliphatic heterocycles. The van der Waals surface area contributed by atoms with Gasteiger partial charge in [0.2, 0.25) is 5.91 Å². The van der Waals surface area contributed by atoms with Crippen molar-refractivity contribution in [3.63, 3.8) is 0 Å². The zero-order valence-electron chi connectivity index (χ0n) is 18.1. The van der Waals surface area contributed by atoms with Gasteiger partial charge in [0.15, 0.2) is 0 Å². The second-order valence-electron chi connectivity index (χ2n) is 8.45. The van der Waals surface area contributed by atoms with Gasteiger partial charge in [0, 0.05) is 11.7 Å². The van der Waals surface area contributed by atoms with Crippen molar-refractivity contribution in [1.29, 1.82) is 0 Å². The predicted molar refractivity (Wildman–Crippen MR) is 117 cm³/mol. The number of amides is 4. The first kappa shape index (κ1) is 20.9. The molecule has 0 bridgehead atoms. The van der Waals surface area contributed by atoms with Gasteiger partial charge in [-0.05, 0) is 62.4 Å². The molecule has 7 nitrogen and oxygen atoms in total. The van der Waals surface area contributed by atoms with E-state index in [4.69, 9.17) is 4.74 Å². The van der Waals surface area contributed by atoms with E-state index in [2.05, 4.69) is 5.32 Å². The van der Waals surface area contributed by atoms with Crippen molar-refractivity contribution in [2.45, 2.75) is 44.7 Å². The second-order valence-corrected chi connectivity index (χ2v) is 8.45. The van der Waals surface area contributed by atoms with Crippen molar-refractivity contribution in [3.8, 4) is 5.75 Å². The molecular weight excluding hydrogens is 394 g/mol. The van der Waals surface area contributed by atoms with Crippen LogP contribution < -0.4 is 15.0 Å². The predicted octanol–water partition coefficient (Wildman–Crippen LogP) is 2.92. The van der Waals surface area contributed by atoms with E-state index in [9.17, 15) is 14.4 Å². The Morgan fingerprint density at radius 2 is 1.87 bits per heavy atom. The maximum Gasteiger partial charge on any atom is 0.325 e. The van der Waals surface area contributed by atoms with Gasteiger partial charge in [0.25, 0.3) is 5.91 Å². The molecule has 4 amide bonds. The van der Waals surface area contributed by atoms with Gasteiger partial charge >= 0.3 is 6.03 Å². The molecule has 162 valence electrons. The smallest absolute Gasteiger partial charge is 0.325 e. The third-order valence-electron chi connectivity index (χ3n) is 6.19. The number of anilines is 1. The minimum Gasteiger partial charge on any atom is -0.497 e. The summed E-state index contributed by atoms with van der Waals surface area (Å²) in [6.07, 6.45) is 1.82. The number of hydrogen-bond donors (Lipinski definition) is 1. The largest absolute Gasteiger partial charge is 0.497 e. The Balaban J connectivity index is 1.43. The second kappa shape index (κ2) is 8.06. The highest BCUT2D eigenvalue weighted by atomic mass is 16.5. The van der Waals surface area contributed by atoms with Gasteiger partial charge in [-0.1, -0.05) is 30.3 Å². The van der Waals surface area contributed by atoms with Crippen LogP contribution >= 0.6 is 0 Å². The van der Waals surface area contributed by atoms with Crippen molar-refractivity contribution in [3.05, 3.63) is 59.7 Å². The van der Waals surface area contributed by atoms with Crippen molar-refractivity contribution in [2.24, 2.45) is 0 Å². The van der Waals surface area contributed by atoms with Crippen LogP contribution in [0.5, 0.6) is 5.75 Å². The van der Waals surface area contributed by atoms with Crippen LogP contribution in [0.25, 0.3) is 0 Å². The van der Waals surface area contributed by atoms with Gasteiger partial charge in [-0.25, -0.2) is 4.79 Å². The molecule has 0 unspecified atom stereocenters. The monoisotopic (exact) mass is 421 g/mol. The molecule has 4 rings (SSSR count). The van der Waals surface area contributed by atoms with Crippen molar-refractivity contribution < 1.29 is 19.1 Å². The number of nitrogens with zero attached hydrogens (tertiary/aromatic N) is 2. The third kappa shape index (κ3) is 3.87. The fourth-order valence-electron chi connectivity index (χ4n) is 4.40. The molecule has 31 heavy (non-hydrogen) atoms. The molecule has 0 spiro atoms. The topological polar surface area (TPSA) is 79.0 Å². The summed E-state index contributed by atoms with van der Waals surface area (Å²) >= 11 is 0. The number of imide groups is 1. The standard InChI is InChI=1S/C24H27N3O4/c1-16-14-18-6-4-5-7-20(18)27(16)21(28)15-26-22(29)24(2,25-23(26)30)13-12-17-8-10-19(31-3)11-9-17/h4-11,16H,12-15H2,1-3H3,(H,25,30)/t16-,24+/m0/s1. The molecule has 1 saturated heterocycles. The van der Waals surface area contributed by atoms with Gasteiger partial charge in [-0.2, -0.15) is 0 Å². The lowest BCUT2D eigenvalue weighted by Gasteiger charge is -2.25. The van der Waals surface area contributed by atoms with Crippen LogP contribution in [0, 0.1) is 0 Å². The number of aryl methyl sites for hydroxylation is 1. The SMILES string of the molecule is COc1ccc(CC[C@@]2(C)NC(=O)N(CC(=O)N3c4ccccc4C[C@@H]3C)C2=O)cc1. The van der Waals surface area contributed by atoms with Crippen molar-refractivity contribution >= 4 is 23.5 Å². The van der Waals surface area contributed by atoms with Crippen molar-refractivity contribution in [1.82, 2.24) is 10.2 Å². The number of para-hydroxylation sites is 1. The molecule has 2 aromatic rings. The lowest BCUT2D eigenvalue weighted by molar-refractivity contribution is -0.134. The molecule has 7 heteroatoms. The van der Waals surface area contributed by atoms with Crippen LogP contribution in [-0.4, -0.2) is 48.0 Å². The molecule has 2 heterocycles. The van der Waals surface area contributed by atoms with E-state index >= 15 is 0 Å². The molecule has 1 N–H and O–H groups in total. The minimum absolute atomic E-state index is 0.00729. The number of carbonyl (C=O) groups excluding carboxylic acids is 3. The Labute approximate surface area is 182 Å². The highest BCUT2D eigenvalue weighted by molar-refractivity contribution is 6.10. The van der Waals surface area contributed by atoms with E-state index in [1.54, 1.807) is 18.9 Å². The van der Waals surface area contributed by atoms with Crippen LogP contribution in [0.4, 0.5) is 10.5 Å². The molecular formula is C24H27N3O4. The van der Waals surface area contributed by atoms with Crippen LogP contribution in [0.2, 0.25) is 0 Å². The molecule has 2 atom stereocenters. The minimum atomic E-state index is -1.04. The number of fused-ring (bicyclic) bond motifs is 1. The van der Waals surface area contributed by atoms with Gasteiger partial charge < -0.3 is 15.0 Å². The summed E-state index contributed by atoms with van der Waals surface area (Å²) in [5.41, 5.74) is 1.96. The van der Waals surface area contributed by atoms with E-state index in [0.29, 0.717) is 12.8 Å². The molecule has 0 radical (unpaired) electrons. The zero-order chi connectivity index (χ0) is 22.2. The number of nitrogens with one attached hydrogen (secondary N) is 1. The summed E-state index contributed by atoms with van der Waals surface area (Å²) in [5, 5.41) is 2.79. The summed E-state index contributed by atoms with van der Waals surface area (Å²) in [5.74, 6) is 0.155. The quantitative estimate of drug-likeness (QED) is 0.728. The fraction of sp³-hybridized carbons (Fsp3) is 0.375. The maximum absolute atomic E-state index is 13.1. The summed E-state index contributed by atoms with van der Waals surface area (Å²) in [6, 6.07) is 14.8. The number of urea groups is 1. The molecule has 2 aromatic carbocycles. The van der Waals surface area contributed by atoms with Crippen LogP contribution in [0.15, 0.2) is 48.5 Å². The van der Waals surface area contributed by atoms with Gasteiger partial charge in [0.05, 0.1) is 7.11 Å². The summed E-state index contributed by atoms with van der Waals surface area (Å²) < 4.78 is 5.17. The average molecular weight is 421 g/mol. The highest BCUT2D eigenvalue weighted by Crippen LogP contribution is 2.32. The zero-order valence-corrected chi connectivity index (χ0v) is 18.1. The number of ether oxygens (including phenoxy) is 1. The van der Waals surface area contributed by atoms with E-state index in [1.807, 2.05) is 55.5 Å². The number of methoxy groups -OCH3 is 1. The molecule has 0 aromatic heterocycles. The number of carbonyl (C=O) groups is 3. The first-order chi connectivity index (χ1) is 14.8. The van der Waals surface area contributed by atoms with Crippen LogP contribution in [0.1, 0.15) is 31.4 Å². The Bertz CT molecular complexity index is 1020. The van der Waals surface area contributed by atoms with Gasteiger partial charge in [-0.3, -0.25) is 14.5 Å². The Kier molecular flexibility index (Phi) is 5.43. The van der Waals surface area contributed by atoms with Crippen LogP contribution in [-0.2, 0) is 22.4 Å². The molecule has 2 aliphatic rings. The fourth-order valence-corrected chi connectivity index (χ4v) is 4.40. The maximum atomic E-state index is 13.1. The first-order valence-electron chi connectivity index (χ1n) is 10.5. The number of rotatable bonds is 6. The lowest BCUT2D eigenvalue weighted by Crippen LogP contribution is -2.47. The molecule has 0 saturated carbocycles. The third-order valence-corrected chi connectivity index (χ3v) is 6.19. The first-order valence-corrected chi connectivity index (χ1v) is 10.5. The van der Waals surface area contributed by atoms with Crippen LogP contribution in [0.3, 0.4) is 0 Å². The molecule has 0 aliphatic carbocycles. The average Bonchev–Trinajstić information content (AvgIpc) is 3.21. The Hall–Kier alpha value is -3.35. The number of benzene rings is 2. The summed E-state index contributed by atoms with van der Waals surface area (Å²) in [6.45, 7) is 3.43. The van der Waals surface area contributed by atoms with Gasteiger partial charge in [0.1, 0.15) is 17.8 Å². The van der Waals surface area contributed by atoms with E-state index in [0.717, 1.165) is 33.9 Å². The Morgan fingerprint density at radius 3 is 2.58 bits per heavy atom. The summed E-state index contributed by atoms with van der Waals surface area (Å²) in [7, 11) is 1.61. The Morgan fingerprint density at radius 1 is 1.16 bits per heavy atom. The van der Waals surface area contributed by atoms with Gasteiger partial charge in [-0.15, -0.1) is 0 Å². The van der Waals surface area contributed by atoms with Crippen molar-refractivity contribution in [2.75, 3.05) is 18.6 Å². The summed E-state index contributed by atoms with van der Waals surface area (Å²) in [4.78, 5) is 41.5. The highest BCUT2D eigenvalue weighted by Gasteiger charge is 2.48. The van der Waals surface area contributed by atoms with E-state index < -0.39 is 11.6 Å². The normalized spacial score (nSPS) is 22.5. The van der Waals surface area contributed by atoms with E-state index in [1.165, 1.54) is 0 Å². The molecule has 1 fully saturated rings. The van der Waals surface area contributed by atoms with E-state index in [-0.39, 0.29) is 24.4 Å².